The molecule has 0 bridgehead atoms. The molecule has 3 aromatic rings. The van der Waals surface area contributed by atoms with Crippen LogP contribution >= 0.6 is 0 Å². The molecule has 1 aliphatic heterocycles. The van der Waals surface area contributed by atoms with Crippen LogP contribution in [-0.2, 0) is 4.79 Å². The quantitative estimate of drug-likeness (QED) is 0.741. The van der Waals surface area contributed by atoms with Crippen molar-refractivity contribution in [3.8, 4) is 5.69 Å². The molecule has 1 aliphatic rings. The van der Waals surface area contributed by atoms with Crippen molar-refractivity contribution in [2.75, 3.05) is 18.0 Å². The van der Waals surface area contributed by atoms with Crippen molar-refractivity contribution in [3.05, 3.63) is 66.9 Å². The zero-order chi connectivity index (χ0) is 19.3. The van der Waals surface area contributed by atoms with Crippen molar-refractivity contribution < 1.29 is 4.79 Å². The van der Waals surface area contributed by atoms with Crippen molar-refractivity contribution >= 4 is 11.7 Å². The van der Waals surface area contributed by atoms with E-state index in [1.54, 1.807) is 24.8 Å². The van der Waals surface area contributed by atoms with Crippen molar-refractivity contribution in [3.63, 3.8) is 0 Å². The van der Waals surface area contributed by atoms with Gasteiger partial charge in [0, 0.05) is 43.8 Å². The van der Waals surface area contributed by atoms with Crippen molar-refractivity contribution in [1.29, 1.82) is 0 Å². The number of anilines is 1. The van der Waals surface area contributed by atoms with Gasteiger partial charge in [-0.15, -0.1) is 0 Å². The second kappa shape index (κ2) is 8.21. The van der Waals surface area contributed by atoms with Crippen LogP contribution in [0.25, 0.3) is 5.69 Å². The van der Waals surface area contributed by atoms with Gasteiger partial charge in [0.25, 0.3) is 0 Å². The van der Waals surface area contributed by atoms with Crippen molar-refractivity contribution in [1.82, 2.24) is 25.1 Å². The van der Waals surface area contributed by atoms with Gasteiger partial charge in [0.15, 0.2) is 0 Å². The molecule has 0 radical (unpaired) electrons. The molecule has 1 amide bonds. The third kappa shape index (κ3) is 4.03. The Kier molecular flexibility index (Phi) is 5.32. The molecule has 0 spiro atoms. The summed E-state index contributed by atoms with van der Waals surface area (Å²) in [6, 6.07) is 9.94. The monoisotopic (exact) mass is 376 g/mol. The van der Waals surface area contributed by atoms with Gasteiger partial charge in [-0.2, -0.15) is 5.10 Å². The molecule has 1 N–H and O–H groups in total. The number of hydrogen-bond donors (Lipinski definition) is 1. The summed E-state index contributed by atoms with van der Waals surface area (Å²) in [6.07, 6.45) is 10.5. The maximum absolute atomic E-state index is 12.8. The smallest absolute Gasteiger partial charge is 0.223 e. The predicted molar refractivity (Wildman–Crippen MR) is 107 cm³/mol. The summed E-state index contributed by atoms with van der Waals surface area (Å²) in [5.74, 6) is 1.03. The fourth-order valence-electron chi connectivity index (χ4n) is 3.60. The van der Waals surface area contributed by atoms with E-state index in [1.165, 1.54) is 0 Å². The first-order valence-corrected chi connectivity index (χ1v) is 9.62. The Morgan fingerprint density at radius 2 is 2.04 bits per heavy atom. The Morgan fingerprint density at radius 3 is 2.75 bits per heavy atom. The Morgan fingerprint density at radius 1 is 1.18 bits per heavy atom. The average molecular weight is 376 g/mol. The lowest BCUT2D eigenvalue weighted by atomic mass is 9.95. The number of amides is 1. The van der Waals surface area contributed by atoms with Crippen LogP contribution in [0.5, 0.6) is 0 Å². The number of aromatic nitrogens is 4. The first kappa shape index (κ1) is 18.2. The molecule has 1 aromatic carbocycles. The number of piperidine rings is 1. The lowest BCUT2D eigenvalue weighted by molar-refractivity contribution is -0.126. The molecule has 0 saturated carbocycles. The molecule has 1 saturated heterocycles. The highest BCUT2D eigenvalue weighted by molar-refractivity contribution is 5.79. The highest BCUT2D eigenvalue weighted by Gasteiger charge is 2.26. The molecule has 0 unspecified atom stereocenters. The average Bonchev–Trinajstić information content (AvgIpc) is 3.29. The Labute approximate surface area is 164 Å². The standard InChI is InChI=1S/C21H24N6O/c1-16(18-4-2-5-19(14-18)27-11-3-8-24-27)25-21(28)17-6-12-26(13-7-17)20-15-22-9-10-23-20/h2-5,8-11,14-17H,6-7,12-13H2,1H3,(H,25,28)/t16-/m0/s1. The largest absolute Gasteiger partial charge is 0.355 e. The summed E-state index contributed by atoms with van der Waals surface area (Å²) in [7, 11) is 0. The summed E-state index contributed by atoms with van der Waals surface area (Å²) in [6.45, 7) is 3.66. The van der Waals surface area contributed by atoms with E-state index >= 15 is 0 Å². The number of nitrogens with one attached hydrogen (secondary N) is 1. The fourth-order valence-corrected chi connectivity index (χ4v) is 3.60. The number of nitrogens with zero attached hydrogens (tertiary/aromatic N) is 5. The Balaban J connectivity index is 1.35. The van der Waals surface area contributed by atoms with Crippen molar-refractivity contribution in [2.45, 2.75) is 25.8 Å². The molecule has 4 rings (SSSR count). The minimum absolute atomic E-state index is 0.0321. The van der Waals surface area contributed by atoms with E-state index in [0.717, 1.165) is 43.0 Å². The molecule has 3 heterocycles. The van der Waals surface area contributed by atoms with Crippen LogP contribution in [0.3, 0.4) is 0 Å². The second-order valence-corrected chi connectivity index (χ2v) is 7.10. The maximum Gasteiger partial charge on any atom is 0.223 e. The second-order valence-electron chi connectivity index (χ2n) is 7.10. The molecular weight excluding hydrogens is 352 g/mol. The number of carbonyl (C=O) groups excluding carboxylic acids is 1. The fraction of sp³-hybridized carbons (Fsp3) is 0.333. The van der Waals surface area contributed by atoms with Crippen LogP contribution in [0, 0.1) is 5.92 Å². The molecule has 7 heteroatoms. The zero-order valence-electron chi connectivity index (χ0n) is 15.9. The lowest BCUT2D eigenvalue weighted by Crippen LogP contribution is -2.41. The van der Waals surface area contributed by atoms with Crippen LogP contribution in [0.4, 0.5) is 5.82 Å². The topological polar surface area (TPSA) is 75.9 Å². The van der Waals surface area contributed by atoms with Gasteiger partial charge in [0.1, 0.15) is 5.82 Å². The number of benzene rings is 1. The Hall–Kier alpha value is -3.22. The normalized spacial score (nSPS) is 16.0. The van der Waals surface area contributed by atoms with Gasteiger partial charge in [0.05, 0.1) is 17.9 Å². The molecule has 2 aromatic heterocycles. The van der Waals surface area contributed by atoms with Crippen LogP contribution in [-0.4, -0.2) is 38.7 Å². The number of carbonyl (C=O) groups is 1. The first-order valence-electron chi connectivity index (χ1n) is 9.62. The van der Waals surface area contributed by atoms with Gasteiger partial charge < -0.3 is 10.2 Å². The SMILES string of the molecule is C[C@H](NC(=O)C1CCN(c2cnccn2)CC1)c1cccc(-n2cccn2)c1. The molecule has 7 nitrogen and oxygen atoms in total. The summed E-state index contributed by atoms with van der Waals surface area (Å²) in [5, 5.41) is 7.45. The van der Waals surface area contributed by atoms with E-state index in [-0.39, 0.29) is 17.9 Å². The van der Waals surface area contributed by atoms with E-state index in [0.29, 0.717) is 0 Å². The summed E-state index contributed by atoms with van der Waals surface area (Å²) < 4.78 is 1.82. The van der Waals surface area contributed by atoms with E-state index in [9.17, 15) is 4.79 Å². The van der Waals surface area contributed by atoms with Crippen LogP contribution in [0.15, 0.2) is 61.3 Å². The minimum Gasteiger partial charge on any atom is -0.355 e. The van der Waals surface area contributed by atoms with Gasteiger partial charge >= 0.3 is 0 Å². The third-order valence-electron chi connectivity index (χ3n) is 5.24. The van der Waals surface area contributed by atoms with Crippen LogP contribution < -0.4 is 10.2 Å². The molecule has 1 fully saturated rings. The predicted octanol–water partition coefficient (Wildman–Crippen LogP) is 2.76. The molecule has 0 aliphatic carbocycles. The first-order chi connectivity index (χ1) is 13.7. The Bertz CT molecular complexity index is 904. The molecule has 1 atom stereocenters. The molecular formula is C21H24N6O. The van der Waals surface area contributed by atoms with Crippen LogP contribution in [0.2, 0.25) is 0 Å². The van der Waals surface area contributed by atoms with E-state index in [2.05, 4.69) is 31.3 Å². The van der Waals surface area contributed by atoms with E-state index in [1.807, 2.05) is 42.1 Å². The van der Waals surface area contributed by atoms with Gasteiger partial charge in [-0.3, -0.25) is 9.78 Å². The number of hydrogen-bond acceptors (Lipinski definition) is 5. The van der Waals surface area contributed by atoms with Gasteiger partial charge in [0.2, 0.25) is 5.91 Å². The van der Waals surface area contributed by atoms with Crippen LogP contribution in [0.1, 0.15) is 31.4 Å². The van der Waals surface area contributed by atoms with Gasteiger partial charge in [-0.25, -0.2) is 9.67 Å². The third-order valence-corrected chi connectivity index (χ3v) is 5.24. The van der Waals surface area contributed by atoms with E-state index < -0.39 is 0 Å². The lowest BCUT2D eigenvalue weighted by Gasteiger charge is -2.32. The van der Waals surface area contributed by atoms with E-state index in [4.69, 9.17) is 0 Å². The summed E-state index contributed by atoms with van der Waals surface area (Å²) in [5.41, 5.74) is 2.05. The zero-order valence-corrected chi connectivity index (χ0v) is 15.9. The molecule has 28 heavy (non-hydrogen) atoms. The summed E-state index contributed by atoms with van der Waals surface area (Å²) in [4.78, 5) is 23.4. The highest BCUT2D eigenvalue weighted by atomic mass is 16.1. The number of rotatable bonds is 5. The summed E-state index contributed by atoms with van der Waals surface area (Å²) >= 11 is 0. The maximum atomic E-state index is 12.8. The highest BCUT2D eigenvalue weighted by Crippen LogP contribution is 2.23. The van der Waals surface area contributed by atoms with Gasteiger partial charge in [-0.05, 0) is 43.5 Å². The van der Waals surface area contributed by atoms with Crippen molar-refractivity contribution in [2.24, 2.45) is 5.92 Å². The molecule has 144 valence electrons. The van der Waals surface area contributed by atoms with Gasteiger partial charge in [-0.1, -0.05) is 12.1 Å². The minimum atomic E-state index is -0.0546.